The zero-order chi connectivity index (χ0) is 23.5. The maximum absolute atomic E-state index is 14.3. The zero-order valence-electron chi connectivity index (χ0n) is 18.7. The molecule has 0 unspecified atom stereocenters. The molecule has 9 nitrogen and oxygen atoms in total. The summed E-state index contributed by atoms with van der Waals surface area (Å²) in [6.07, 6.45) is 4.57. The van der Waals surface area contributed by atoms with Crippen LogP contribution in [0, 0.1) is 17.6 Å². The van der Waals surface area contributed by atoms with Crippen LogP contribution in [0.2, 0.25) is 0 Å². The molecule has 5 rings (SSSR count). The molecule has 2 atom stereocenters. The molecule has 33 heavy (non-hydrogen) atoms. The van der Waals surface area contributed by atoms with Gasteiger partial charge in [-0.25, -0.2) is 18.7 Å². The number of hydrogen-bond donors (Lipinski definition) is 2. The Kier molecular flexibility index (Phi) is 4.96. The highest BCUT2D eigenvalue weighted by Crippen LogP contribution is 2.33. The molecule has 1 aliphatic heterocycles. The molecule has 4 aromatic rings. The summed E-state index contributed by atoms with van der Waals surface area (Å²) in [7, 11) is 0. The summed E-state index contributed by atoms with van der Waals surface area (Å²) in [4.78, 5) is 10.9. The molecule has 3 N–H and O–H groups in total. The lowest BCUT2D eigenvalue weighted by Gasteiger charge is -2.36. The van der Waals surface area contributed by atoms with Crippen molar-refractivity contribution in [2.75, 3.05) is 23.7 Å². The minimum Gasteiger partial charge on any atom is -0.389 e. The molecule has 174 valence electrons. The van der Waals surface area contributed by atoms with Crippen LogP contribution in [0.1, 0.15) is 38.9 Å². The number of aliphatic hydroxyl groups is 1. The van der Waals surface area contributed by atoms with Crippen LogP contribution in [-0.4, -0.2) is 53.2 Å². The van der Waals surface area contributed by atoms with Crippen molar-refractivity contribution in [1.29, 1.82) is 0 Å². The first-order valence-corrected chi connectivity index (χ1v) is 10.9. The number of halogens is 2. The first-order chi connectivity index (χ1) is 15.6. The third-order valence-electron chi connectivity index (χ3n) is 5.89. The van der Waals surface area contributed by atoms with E-state index in [0.717, 1.165) is 24.7 Å². The van der Waals surface area contributed by atoms with Gasteiger partial charge in [-0.1, -0.05) is 6.92 Å². The lowest BCUT2D eigenvalue weighted by atomic mass is 9.90. The Hall–Kier alpha value is -3.34. The Balaban J connectivity index is 1.49. The van der Waals surface area contributed by atoms with Crippen LogP contribution in [0.5, 0.6) is 0 Å². The second kappa shape index (κ2) is 7.62. The van der Waals surface area contributed by atoms with Crippen LogP contribution in [0.15, 0.2) is 24.5 Å². The summed E-state index contributed by atoms with van der Waals surface area (Å²) in [6, 6.07) is 1.98. The van der Waals surface area contributed by atoms with E-state index in [1.165, 1.54) is 10.6 Å². The van der Waals surface area contributed by atoms with E-state index in [1.807, 2.05) is 6.20 Å². The lowest BCUT2D eigenvalue weighted by Crippen LogP contribution is -2.39. The number of fused-ring (bicyclic) bond motifs is 3. The molecule has 0 aliphatic carbocycles. The first kappa shape index (κ1) is 21.5. The summed E-state index contributed by atoms with van der Waals surface area (Å²) < 4.78 is 31.2. The molecule has 0 radical (unpaired) electrons. The monoisotopic (exact) mass is 456 g/mol. The number of nitrogens with zero attached hydrogens (tertiary/aromatic N) is 7. The summed E-state index contributed by atoms with van der Waals surface area (Å²) in [5.41, 5.74) is 6.36. The van der Waals surface area contributed by atoms with Gasteiger partial charge < -0.3 is 15.7 Å². The Morgan fingerprint density at radius 1 is 1.21 bits per heavy atom. The molecule has 0 saturated carbocycles. The number of rotatable bonds is 4. The Morgan fingerprint density at radius 3 is 2.76 bits per heavy atom. The summed E-state index contributed by atoms with van der Waals surface area (Å²) in [5.74, 6) is -0.603. The summed E-state index contributed by atoms with van der Waals surface area (Å²) in [5, 5.41) is 19.2. The molecule has 1 aromatic carbocycles. The fourth-order valence-corrected chi connectivity index (χ4v) is 4.60. The fourth-order valence-electron chi connectivity index (χ4n) is 4.60. The normalized spacial score (nSPS) is 19.6. The molecule has 11 heteroatoms. The second-order valence-corrected chi connectivity index (χ2v) is 9.61. The van der Waals surface area contributed by atoms with Crippen molar-refractivity contribution < 1.29 is 13.9 Å². The second-order valence-electron chi connectivity index (χ2n) is 9.61. The average molecular weight is 457 g/mol. The van der Waals surface area contributed by atoms with Gasteiger partial charge in [0, 0.05) is 31.3 Å². The van der Waals surface area contributed by atoms with E-state index < -0.39 is 17.2 Å². The lowest BCUT2D eigenvalue weighted by molar-refractivity contribution is 0.0577. The van der Waals surface area contributed by atoms with Crippen molar-refractivity contribution in [3.05, 3.63) is 42.0 Å². The maximum Gasteiger partial charge on any atom is 0.223 e. The van der Waals surface area contributed by atoms with Crippen LogP contribution in [-0.2, 0) is 6.54 Å². The van der Waals surface area contributed by atoms with Crippen molar-refractivity contribution >= 4 is 28.2 Å². The number of aromatic nitrogens is 6. The molecule has 0 amide bonds. The minimum atomic E-state index is -0.864. The molecule has 0 bridgehead atoms. The van der Waals surface area contributed by atoms with Gasteiger partial charge in [-0.05, 0) is 32.3 Å². The maximum atomic E-state index is 14.3. The predicted molar refractivity (Wildman–Crippen MR) is 120 cm³/mol. The Bertz CT molecular complexity index is 1340. The van der Waals surface area contributed by atoms with Gasteiger partial charge in [0.25, 0.3) is 0 Å². The van der Waals surface area contributed by atoms with Gasteiger partial charge in [0.1, 0.15) is 11.3 Å². The number of nitrogen functional groups attached to an aromatic ring is 1. The number of anilines is 2. The van der Waals surface area contributed by atoms with E-state index in [-0.39, 0.29) is 28.4 Å². The van der Waals surface area contributed by atoms with E-state index in [1.54, 1.807) is 24.7 Å². The van der Waals surface area contributed by atoms with Gasteiger partial charge in [0.05, 0.1) is 29.4 Å². The Morgan fingerprint density at radius 2 is 2.00 bits per heavy atom. The smallest absolute Gasteiger partial charge is 0.223 e. The largest absolute Gasteiger partial charge is 0.389 e. The summed E-state index contributed by atoms with van der Waals surface area (Å²) >= 11 is 0. The highest BCUT2D eigenvalue weighted by Gasteiger charge is 2.30. The van der Waals surface area contributed by atoms with Crippen LogP contribution < -0.4 is 10.6 Å². The molecule has 1 fully saturated rings. The first-order valence-electron chi connectivity index (χ1n) is 10.9. The van der Waals surface area contributed by atoms with Gasteiger partial charge in [-0.3, -0.25) is 4.68 Å². The van der Waals surface area contributed by atoms with Crippen LogP contribution in [0.3, 0.4) is 0 Å². The molecule has 4 heterocycles. The van der Waals surface area contributed by atoms with Gasteiger partial charge in [0.15, 0.2) is 17.3 Å². The van der Waals surface area contributed by atoms with Crippen molar-refractivity contribution in [2.45, 2.75) is 45.3 Å². The van der Waals surface area contributed by atoms with Gasteiger partial charge in [-0.15, -0.1) is 5.10 Å². The zero-order valence-corrected chi connectivity index (χ0v) is 18.7. The molecule has 3 aromatic heterocycles. The molecule has 1 saturated heterocycles. The minimum absolute atomic E-state index is 0.00429. The molecular weight excluding hydrogens is 430 g/mol. The van der Waals surface area contributed by atoms with Crippen molar-refractivity contribution in [1.82, 2.24) is 29.4 Å². The van der Waals surface area contributed by atoms with Gasteiger partial charge >= 0.3 is 0 Å². The van der Waals surface area contributed by atoms with Crippen LogP contribution >= 0.6 is 0 Å². The van der Waals surface area contributed by atoms with E-state index in [4.69, 9.17) is 5.73 Å². The number of benzene rings is 1. The van der Waals surface area contributed by atoms with E-state index in [2.05, 4.69) is 32.0 Å². The van der Waals surface area contributed by atoms with Crippen molar-refractivity contribution in [3.8, 4) is 0 Å². The average Bonchev–Trinajstić information content (AvgIpc) is 3.35. The van der Waals surface area contributed by atoms with Gasteiger partial charge in [-0.2, -0.15) is 9.61 Å². The standard InChI is InChI=1S/C22H26F2N8O/c1-12-4-13(9-30(8-12)15-7-26-31(10-15)11-22(2,3)33)19-28-20-16-5-14(23)6-17(24)18(16)27-21(25)32(20)29-19/h5-7,10,12-13,33H,4,8-9,11H2,1-3H3,(H2,25,27)/t12-,13-/m0/s1. The quantitative estimate of drug-likeness (QED) is 0.486. The third-order valence-corrected chi connectivity index (χ3v) is 5.89. The van der Waals surface area contributed by atoms with Gasteiger partial charge in [0.2, 0.25) is 5.95 Å². The molecule has 0 spiro atoms. The number of nitrogens with two attached hydrogens (primary N) is 1. The number of piperidine rings is 1. The van der Waals surface area contributed by atoms with E-state index in [0.29, 0.717) is 24.8 Å². The van der Waals surface area contributed by atoms with Crippen molar-refractivity contribution in [2.24, 2.45) is 5.92 Å². The number of hydrogen-bond acceptors (Lipinski definition) is 7. The Labute approximate surface area is 188 Å². The van der Waals surface area contributed by atoms with Crippen molar-refractivity contribution in [3.63, 3.8) is 0 Å². The highest BCUT2D eigenvalue weighted by atomic mass is 19.1. The summed E-state index contributed by atoms with van der Waals surface area (Å²) in [6.45, 7) is 7.53. The third kappa shape index (κ3) is 4.08. The highest BCUT2D eigenvalue weighted by molar-refractivity contribution is 5.92. The SMILES string of the molecule is C[C@H]1C[C@H](c2nc3c4cc(F)cc(F)c4nc(N)n3n2)CN(c2cnn(CC(C)(C)O)c2)C1. The van der Waals surface area contributed by atoms with E-state index in [9.17, 15) is 13.9 Å². The topological polar surface area (TPSA) is 110 Å². The van der Waals surface area contributed by atoms with Crippen LogP contribution in [0.25, 0.3) is 16.6 Å². The van der Waals surface area contributed by atoms with Crippen LogP contribution in [0.4, 0.5) is 20.4 Å². The molecule has 1 aliphatic rings. The van der Waals surface area contributed by atoms with E-state index >= 15 is 0 Å². The molecular formula is C22H26F2N8O. The fraction of sp³-hybridized carbons (Fsp3) is 0.455. The predicted octanol–water partition coefficient (Wildman–Crippen LogP) is 2.74.